The Hall–Kier alpha value is -1.11. The Labute approximate surface area is 142 Å². The second kappa shape index (κ2) is 5.46. The molecule has 1 heteroatoms. The third-order valence-corrected chi connectivity index (χ3v) is 5.64. The number of Topliss-reactive ketones (excluding diaryl/α,β-unsaturated/α-hetero) is 1. The molecule has 2 aliphatic rings. The average molecular weight is 315 g/mol. The lowest BCUT2D eigenvalue weighted by molar-refractivity contribution is -0.114. The molecular formula is C22H34O. The second-order valence-corrected chi connectivity index (χ2v) is 9.87. The Morgan fingerprint density at radius 2 is 1.39 bits per heavy atom. The van der Waals surface area contributed by atoms with E-state index in [2.05, 4.69) is 80.5 Å². The summed E-state index contributed by atoms with van der Waals surface area (Å²) in [4.78, 5) is 13.2. The van der Waals surface area contributed by atoms with Crippen LogP contribution in [-0.4, -0.2) is 5.78 Å². The van der Waals surface area contributed by atoms with E-state index >= 15 is 0 Å². The van der Waals surface area contributed by atoms with Gasteiger partial charge in [0, 0.05) is 16.6 Å². The zero-order valence-corrected chi connectivity index (χ0v) is 16.5. The molecule has 2 atom stereocenters. The van der Waals surface area contributed by atoms with Gasteiger partial charge in [0.25, 0.3) is 0 Å². The van der Waals surface area contributed by atoms with Gasteiger partial charge < -0.3 is 0 Å². The number of carbonyl (C=O) groups excluding carboxylic acids is 1. The monoisotopic (exact) mass is 314 g/mol. The summed E-state index contributed by atoms with van der Waals surface area (Å²) >= 11 is 0. The molecule has 0 aromatic carbocycles. The highest BCUT2D eigenvalue weighted by Gasteiger charge is 2.45. The van der Waals surface area contributed by atoms with Crippen molar-refractivity contribution in [2.45, 2.75) is 68.7 Å². The third-order valence-electron chi connectivity index (χ3n) is 5.64. The predicted octanol–water partition coefficient (Wildman–Crippen LogP) is 6.12. The number of ketones is 1. The van der Waals surface area contributed by atoms with Gasteiger partial charge in [-0.3, -0.25) is 4.79 Å². The van der Waals surface area contributed by atoms with Crippen LogP contribution in [-0.2, 0) is 4.79 Å². The maximum absolute atomic E-state index is 13.2. The van der Waals surface area contributed by atoms with E-state index in [0.717, 1.165) is 17.6 Å². The van der Waals surface area contributed by atoms with Crippen molar-refractivity contribution in [1.82, 2.24) is 0 Å². The van der Waals surface area contributed by atoms with Crippen LogP contribution < -0.4 is 0 Å². The van der Waals surface area contributed by atoms with Crippen LogP contribution in [0.1, 0.15) is 68.7 Å². The van der Waals surface area contributed by atoms with Crippen LogP contribution in [0.4, 0.5) is 0 Å². The minimum atomic E-state index is -0.118. The van der Waals surface area contributed by atoms with Crippen LogP contribution in [0.25, 0.3) is 0 Å². The van der Waals surface area contributed by atoms with E-state index in [1.165, 1.54) is 5.57 Å². The molecule has 0 saturated heterocycles. The number of carbonyl (C=O) groups is 1. The van der Waals surface area contributed by atoms with E-state index in [-0.39, 0.29) is 22.0 Å². The molecule has 0 fully saturated rings. The average Bonchev–Trinajstić information content (AvgIpc) is 2.35. The first-order valence-corrected chi connectivity index (χ1v) is 8.97. The fraction of sp³-hybridized carbons (Fsp3) is 0.682. The fourth-order valence-electron chi connectivity index (χ4n) is 4.15. The molecular weight excluding hydrogens is 280 g/mol. The van der Waals surface area contributed by atoms with Gasteiger partial charge in [0.1, 0.15) is 0 Å². The van der Waals surface area contributed by atoms with E-state index in [1.807, 2.05) is 0 Å². The van der Waals surface area contributed by atoms with Crippen molar-refractivity contribution < 1.29 is 4.79 Å². The molecule has 2 unspecified atom stereocenters. The van der Waals surface area contributed by atoms with Gasteiger partial charge in [0.15, 0.2) is 5.78 Å². The van der Waals surface area contributed by atoms with Crippen molar-refractivity contribution in [3.05, 3.63) is 34.9 Å². The lowest BCUT2D eigenvalue weighted by Gasteiger charge is -2.46. The summed E-state index contributed by atoms with van der Waals surface area (Å²) in [5, 5.41) is 0. The highest BCUT2D eigenvalue weighted by molar-refractivity contribution is 6.11. The van der Waals surface area contributed by atoms with Crippen molar-refractivity contribution in [1.29, 1.82) is 0 Å². The zero-order chi connectivity index (χ0) is 17.8. The Balaban J connectivity index is 2.70. The maximum atomic E-state index is 13.2. The van der Waals surface area contributed by atoms with Gasteiger partial charge in [0.05, 0.1) is 0 Å². The molecule has 1 nitrogen and oxygen atoms in total. The number of rotatable bonds is 0. The van der Waals surface area contributed by atoms with E-state index in [9.17, 15) is 4.79 Å². The summed E-state index contributed by atoms with van der Waals surface area (Å²) in [6.45, 7) is 19.8. The van der Waals surface area contributed by atoms with Crippen LogP contribution in [0.15, 0.2) is 34.9 Å². The third kappa shape index (κ3) is 3.25. The number of allylic oxidation sites excluding steroid dienone is 6. The zero-order valence-electron chi connectivity index (χ0n) is 16.5. The van der Waals surface area contributed by atoms with Crippen molar-refractivity contribution in [2.75, 3.05) is 0 Å². The standard InChI is InChI=1S/C22H34O/c1-14-10-15(2)16(3)22(11-14)12-17(20(4,5)6)19(23)18(13-22)21(7,8)9/h10,12-14,16H,11H2,1-9H3. The topological polar surface area (TPSA) is 17.1 Å². The van der Waals surface area contributed by atoms with Crippen molar-refractivity contribution in [3.8, 4) is 0 Å². The van der Waals surface area contributed by atoms with Crippen molar-refractivity contribution >= 4 is 5.78 Å². The van der Waals surface area contributed by atoms with Crippen molar-refractivity contribution in [3.63, 3.8) is 0 Å². The van der Waals surface area contributed by atoms with Crippen molar-refractivity contribution in [2.24, 2.45) is 28.1 Å². The SMILES string of the molecule is CC1=CC(C)CC2(C=C(C(C)(C)C)C(=O)C(C(C)(C)C)=C2)C1C. The molecule has 0 heterocycles. The van der Waals surface area contributed by atoms with Crippen LogP contribution in [0, 0.1) is 28.1 Å². The normalized spacial score (nSPS) is 28.4. The lowest BCUT2D eigenvalue weighted by atomic mass is 9.57. The molecule has 0 bridgehead atoms. The Morgan fingerprint density at radius 1 is 0.957 bits per heavy atom. The summed E-state index contributed by atoms with van der Waals surface area (Å²) in [6.07, 6.45) is 8.14. The molecule has 0 aliphatic heterocycles. The van der Waals surface area contributed by atoms with Gasteiger partial charge in [-0.1, -0.05) is 79.2 Å². The highest BCUT2D eigenvalue weighted by atomic mass is 16.1. The van der Waals surface area contributed by atoms with Gasteiger partial charge >= 0.3 is 0 Å². The Kier molecular flexibility index (Phi) is 4.33. The molecule has 0 amide bonds. The molecule has 0 N–H and O–H groups in total. The van der Waals surface area contributed by atoms with Gasteiger partial charge in [-0.25, -0.2) is 0 Å². The smallest absolute Gasteiger partial charge is 0.185 e. The van der Waals surface area contributed by atoms with Crippen LogP contribution in [0.2, 0.25) is 0 Å². The summed E-state index contributed by atoms with van der Waals surface area (Å²) in [5.74, 6) is 1.25. The largest absolute Gasteiger partial charge is 0.289 e. The molecule has 128 valence electrons. The second-order valence-electron chi connectivity index (χ2n) is 9.87. The van der Waals surface area contributed by atoms with Crippen LogP contribution in [0.3, 0.4) is 0 Å². The molecule has 0 aromatic rings. The highest BCUT2D eigenvalue weighted by Crippen LogP contribution is 2.52. The lowest BCUT2D eigenvalue weighted by Crippen LogP contribution is -2.39. The minimum Gasteiger partial charge on any atom is -0.289 e. The molecule has 2 aliphatic carbocycles. The van der Waals surface area contributed by atoms with Gasteiger partial charge in [0.2, 0.25) is 0 Å². The summed E-state index contributed by atoms with van der Waals surface area (Å²) < 4.78 is 0. The number of hydrogen-bond donors (Lipinski definition) is 0. The fourth-order valence-corrected chi connectivity index (χ4v) is 4.15. The van der Waals surface area contributed by atoms with E-state index in [1.54, 1.807) is 0 Å². The molecule has 1 spiro atoms. The molecule has 0 aromatic heterocycles. The van der Waals surface area contributed by atoms with Crippen LogP contribution >= 0.6 is 0 Å². The first-order valence-electron chi connectivity index (χ1n) is 8.97. The summed E-state index contributed by atoms with van der Waals surface area (Å²) in [5.41, 5.74) is 3.20. The molecule has 0 radical (unpaired) electrons. The van der Waals surface area contributed by atoms with Gasteiger partial charge in [-0.2, -0.15) is 0 Å². The Bertz CT molecular complexity index is 565. The minimum absolute atomic E-state index is 0.0165. The molecule has 23 heavy (non-hydrogen) atoms. The van der Waals surface area contributed by atoms with E-state index in [4.69, 9.17) is 0 Å². The van der Waals surface area contributed by atoms with E-state index in [0.29, 0.717) is 11.8 Å². The van der Waals surface area contributed by atoms with Gasteiger partial charge in [-0.15, -0.1) is 0 Å². The molecule has 2 rings (SSSR count). The van der Waals surface area contributed by atoms with Crippen LogP contribution in [0.5, 0.6) is 0 Å². The summed E-state index contributed by atoms with van der Waals surface area (Å²) in [6, 6.07) is 0. The maximum Gasteiger partial charge on any atom is 0.185 e. The Morgan fingerprint density at radius 3 is 1.78 bits per heavy atom. The quantitative estimate of drug-likeness (QED) is 0.492. The first kappa shape index (κ1) is 18.2. The first-order chi connectivity index (χ1) is 10.3. The summed E-state index contributed by atoms with van der Waals surface area (Å²) in [7, 11) is 0. The predicted molar refractivity (Wildman–Crippen MR) is 99.2 cm³/mol. The van der Waals surface area contributed by atoms with Gasteiger partial charge in [-0.05, 0) is 36.0 Å². The number of hydrogen-bond acceptors (Lipinski definition) is 1. The van der Waals surface area contributed by atoms with E-state index < -0.39 is 0 Å². The molecule has 0 saturated carbocycles.